The van der Waals surface area contributed by atoms with Crippen LogP contribution >= 0.6 is 0 Å². The van der Waals surface area contributed by atoms with Crippen LogP contribution in [0.5, 0.6) is 0 Å². The number of nitrogens with one attached hydrogen (secondary N) is 1. The molecule has 0 saturated heterocycles. The average Bonchev–Trinajstić information content (AvgIpc) is 3.71. The molecule has 1 saturated carbocycles. The Labute approximate surface area is 211 Å². The molecule has 1 aliphatic carbocycles. The van der Waals surface area contributed by atoms with Gasteiger partial charge in [-0.25, -0.2) is 13.8 Å². The highest BCUT2D eigenvalue weighted by atomic mass is 19.1. The normalized spacial score (nSPS) is 14.0. The van der Waals surface area contributed by atoms with Gasteiger partial charge in [0.25, 0.3) is 0 Å². The maximum absolute atomic E-state index is 15.7. The summed E-state index contributed by atoms with van der Waals surface area (Å²) in [5.74, 6) is 0.475. The van der Waals surface area contributed by atoms with Crippen LogP contribution in [-0.2, 0) is 6.42 Å². The fourth-order valence-electron chi connectivity index (χ4n) is 4.32. The highest BCUT2D eigenvalue weighted by molar-refractivity contribution is 5.78. The number of halogens is 2. The van der Waals surface area contributed by atoms with Crippen molar-refractivity contribution in [2.45, 2.75) is 33.1 Å². The van der Waals surface area contributed by atoms with Gasteiger partial charge in [-0.2, -0.15) is 0 Å². The van der Waals surface area contributed by atoms with Gasteiger partial charge in [-0.1, -0.05) is 43.5 Å². The third-order valence-corrected chi connectivity index (χ3v) is 6.55. The molecule has 1 aliphatic rings. The minimum atomic E-state index is -0.355. The topological polar surface area (TPSA) is 50.9 Å². The Kier molecular flexibility index (Phi) is 7.49. The first-order valence-corrected chi connectivity index (χ1v) is 12.1. The van der Waals surface area contributed by atoms with E-state index >= 15 is 4.39 Å². The Morgan fingerprint density at radius 3 is 2.50 bits per heavy atom. The maximum atomic E-state index is 15.7. The molecule has 36 heavy (non-hydrogen) atoms. The Morgan fingerprint density at radius 1 is 1.14 bits per heavy atom. The quantitative estimate of drug-likeness (QED) is 0.239. The Balaban J connectivity index is 1.58. The van der Waals surface area contributed by atoms with Crippen LogP contribution in [0.1, 0.15) is 36.5 Å². The number of nitrogens with two attached hydrogens (primary N) is 1. The molecule has 5 heteroatoms. The van der Waals surface area contributed by atoms with Crippen molar-refractivity contribution in [3.05, 3.63) is 120 Å². The molecule has 1 heterocycles. The van der Waals surface area contributed by atoms with E-state index < -0.39 is 0 Å². The van der Waals surface area contributed by atoms with E-state index in [1.807, 2.05) is 38.1 Å². The maximum Gasteiger partial charge on any atom is 0.136 e. The molecule has 1 aromatic heterocycles. The predicted molar refractivity (Wildman–Crippen MR) is 146 cm³/mol. The highest BCUT2D eigenvalue weighted by Gasteiger charge is 2.25. The van der Waals surface area contributed by atoms with Gasteiger partial charge in [-0.05, 0) is 90.8 Å². The molecule has 0 atom stereocenters. The standard InChI is InChI=1S/C31H31F2N3/c1-5-21(23-7-8-23)18-22(6-2)27-13-14-29(34)28(30(27)33)17-19(3)36-31-20(4)26(15-16-35-31)24-9-11-25(32)12-10-24/h5-6,9-16,18,23H,1,3,7-8,17,34H2,2,4H3,(H,35,36)/b21-18+,22-6+. The van der Waals surface area contributed by atoms with Crippen LogP contribution in [0.3, 0.4) is 0 Å². The van der Waals surface area contributed by atoms with Crippen molar-refractivity contribution in [3.8, 4) is 11.1 Å². The molecule has 184 valence electrons. The monoisotopic (exact) mass is 483 g/mol. The Bertz CT molecular complexity index is 1360. The zero-order valence-electron chi connectivity index (χ0n) is 20.7. The lowest BCUT2D eigenvalue weighted by Gasteiger charge is -2.17. The van der Waals surface area contributed by atoms with E-state index in [1.54, 1.807) is 30.5 Å². The van der Waals surface area contributed by atoms with Crippen molar-refractivity contribution in [2.24, 2.45) is 5.92 Å². The molecule has 0 radical (unpaired) electrons. The zero-order chi connectivity index (χ0) is 25.8. The summed E-state index contributed by atoms with van der Waals surface area (Å²) in [6, 6.07) is 11.7. The molecule has 0 aliphatic heterocycles. The van der Waals surface area contributed by atoms with Gasteiger partial charge in [0.1, 0.15) is 17.5 Å². The second kappa shape index (κ2) is 10.7. The van der Waals surface area contributed by atoms with Crippen molar-refractivity contribution < 1.29 is 8.78 Å². The number of hydrogen-bond acceptors (Lipinski definition) is 3. The largest absolute Gasteiger partial charge is 0.398 e. The lowest BCUT2D eigenvalue weighted by atomic mass is 9.95. The summed E-state index contributed by atoms with van der Waals surface area (Å²) in [5.41, 5.74) is 12.6. The Morgan fingerprint density at radius 2 is 1.86 bits per heavy atom. The number of rotatable bonds is 9. The van der Waals surface area contributed by atoms with Crippen molar-refractivity contribution in [3.63, 3.8) is 0 Å². The molecule has 0 spiro atoms. The number of nitrogen functional groups attached to an aromatic ring is 1. The first kappa shape index (κ1) is 25.1. The van der Waals surface area contributed by atoms with Crippen molar-refractivity contribution in [1.29, 1.82) is 0 Å². The second-order valence-electron chi connectivity index (χ2n) is 9.11. The first-order valence-electron chi connectivity index (χ1n) is 12.1. The average molecular weight is 484 g/mol. The summed E-state index contributed by atoms with van der Waals surface area (Å²) < 4.78 is 29.1. The van der Waals surface area contributed by atoms with Crippen LogP contribution in [-0.4, -0.2) is 4.98 Å². The van der Waals surface area contributed by atoms with Gasteiger partial charge in [0.05, 0.1) is 0 Å². The summed E-state index contributed by atoms with van der Waals surface area (Å²) in [5, 5.41) is 3.22. The molecule has 0 bridgehead atoms. The minimum absolute atomic E-state index is 0.199. The number of anilines is 2. The fraction of sp³-hybridized carbons (Fsp3) is 0.194. The fourth-order valence-corrected chi connectivity index (χ4v) is 4.32. The smallest absolute Gasteiger partial charge is 0.136 e. The molecule has 3 nitrogen and oxygen atoms in total. The van der Waals surface area contributed by atoms with Crippen molar-refractivity contribution in [2.75, 3.05) is 11.1 Å². The number of benzene rings is 2. The van der Waals surface area contributed by atoms with Gasteiger partial charge in [-0.15, -0.1) is 0 Å². The van der Waals surface area contributed by atoms with Gasteiger partial charge >= 0.3 is 0 Å². The van der Waals surface area contributed by atoms with Crippen LogP contribution in [0.25, 0.3) is 16.7 Å². The lowest BCUT2D eigenvalue weighted by molar-refractivity contribution is 0.611. The third-order valence-electron chi connectivity index (χ3n) is 6.55. The van der Waals surface area contributed by atoms with E-state index in [4.69, 9.17) is 5.73 Å². The van der Waals surface area contributed by atoms with Crippen LogP contribution < -0.4 is 11.1 Å². The zero-order valence-corrected chi connectivity index (χ0v) is 20.7. The summed E-state index contributed by atoms with van der Waals surface area (Å²) in [4.78, 5) is 4.43. The number of allylic oxidation sites excluding steroid dienone is 6. The van der Waals surface area contributed by atoms with Crippen LogP contribution in [0, 0.1) is 24.5 Å². The molecule has 1 fully saturated rings. The second-order valence-corrected chi connectivity index (χ2v) is 9.11. The van der Waals surface area contributed by atoms with E-state index in [0.717, 1.165) is 40.7 Å². The molecule has 3 aromatic rings. The van der Waals surface area contributed by atoms with E-state index in [-0.39, 0.29) is 18.1 Å². The third kappa shape index (κ3) is 5.46. The molecule has 0 amide bonds. The van der Waals surface area contributed by atoms with E-state index in [2.05, 4.69) is 23.5 Å². The lowest BCUT2D eigenvalue weighted by Crippen LogP contribution is -2.09. The minimum Gasteiger partial charge on any atom is -0.398 e. The molecular formula is C31H31F2N3. The van der Waals surface area contributed by atoms with Gasteiger partial charge < -0.3 is 11.1 Å². The van der Waals surface area contributed by atoms with Gasteiger partial charge in [0, 0.05) is 35.1 Å². The SMILES string of the molecule is C=C/C(=C\C(=C/C)c1ccc(N)c(CC(=C)Nc2nccc(-c3ccc(F)cc3)c2C)c1F)C1CC1. The van der Waals surface area contributed by atoms with Crippen LogP contribution in [0.15, 0.2) is 91.3 Å². The van der Waals surface area contributed by atoms with Gasteiger partial charge in [-0.3, -0.25) is 0 Å². The van der Waals surface area contributed by atoms with Gasteiger partial charge in [0.2, 0.25) is 0 Å². The summed E-state index contributed by atoms with van der Waals surface area (Å²) >= 11 is 0. The number of aromatic nitrogens is 1. The Hall–Kier alpha value is -3.99. The summed E-state index contributed by atoms with van der Waals surface area (Å²) in [6.45, 7) is 11.9. The molecule has 0 unspecified atom stereocenters. The molecule has 3 N–H and O–H groups in total. The summed E-state index contributed by atoms with van der Waals surface area (Å²) in [6.07, 6.45) is 9.95. The van der Waals surface area contributed by atoms with E-state index in [0.29, 0.717) is 34.2 Å². The van der Waals surface area contributed by atoms with Crippen LogP contribution in [0.2, 0.25) is 0 Å². The summed E-state index contributed by atoms with van der Waals surface area (Å²) in [7, 11) is 0. The predicted octanol–water partition coefficient (Wildman–Crippen LogP) is 8.01. The number of pyridine rings is 1. The highest BCUT2D eigenvalue weighted by Crippen LogP contribution is 2.39. The van der Waals surface area contributed by atoms with Gasteiger partial charge in [0.15, 0.2) is 0 Å². The number of hydrogen-bond donors (Lipinski definition) is 2. The van der Waals surface area contributed by atoms with Crippen molar-refractivity contribution >= 4 is 17.1 Å². The van der Waals surface area contributed by atoms with Crippen molar-refractivity contribution in [1.82, 2.24) is 4.98 Å². The number of nitrogens with zero attached hydrogens (tertiary/aromatic N) is 1. The molecule has 4 rings (SSSR count). The first-order chi connectivity index (χ1) is 17.3. The van der Waals surface area contributed by atoms with E-state index in [1.165, 1.54) is 12.1 Å². The molecular weight excluding hydrogens is 452 g/mol. The molecule has 2 aromatic carbocycles. The van der Waals surface area contributed by atoms with Crippen LogP contribution in [0.4, 0.5) is 20.3 Å². The van der Waals surface area contributed by atoms with E-state index in [9.17, 15) is 4.39 Å².